The summed E-state index contributed by atoms with van der Waals surface area (Å²) in [5, 5.41) is 1.25. The van der Waals surface area contributed by atoms with Crippen LogP contribution >= 0.6 is 11.6 Å². The summed E-state index contributed by atoms with van der Waals surface area (Å²) in [5.74, 6) is 0. The molecule has 6 heteroatoms. The Labute approximate surface area is 134 Å². The van der Waals surface area contributed by atoms with E-state index < -0.39 is 10.0 Å². The number of sulfonamides is 1. The highest BCUT2D eigenvalue weighted by Gasteiger charge is 2.24. The summed E-state index contributed by atoms with van der Waals surface area (Å²) >= 11 is 6.02. The van der Waals surface area contributed by atoms with E-state index in [9.17, 15) is 8.42 Å². The van der Waals surface area contributed by atoms with Gasteiger partial charge < -0.3 is 4.98 Å². The van der Waals surface area contributed by atoms with Gasteiger partial charge in [0.05, 0.1) is 5.02 Å². The van der Waals surface area contributed by atoms with Crippen molar-refractivity contribution in [1.82, 2.24) is 9.29 Å². The summed E-state index contributed by atoms with van der Waals surface area (Å²) in [6.07, 6.45) is 1.84. The lowest BCUT2D eigenvalue weighted by atomic mass is 10.2. The third kappa shape index (κ3) is 2.63. The number of rotatable bonds is 4. The molecule has 0 fully saturated rings. The van der Waals surface area contributed by atoms with Gasteiger partial charge in [0.15, 0.2) is 0 Å². The largest absolute Gasteiger partial charge is 0.361 e. The van der Waals surface area contributed by atoms with Crippen LogP contribution < -0.4 is 0 Å². The lowest BCUT2D eigenvalue weighted by molar-refractivity contribution is 0.468. The number of hydrogen-bond acceptors (Lipinski definition) is 2. The van der Waals surface area contributed by atoms with Crippen molar-refractivity contribution < 1.29 is 8.42 Å². The second kappa shape index (κ2) is 5.76. The van der Waals surface area contributed by atoms with Crippen LogP contribution in [0.4, 0.5) is 0 Å². The minimum Gasteiger partial charge on any atom is -0.361 e. The second-order valence-corrected chi connectivity index (χ2v) is 7.47. The maximum absolute atomic E-state index is 12.6. The highest BCUT2D eigenvalue weighted by atomic mass is 35.5. The van der Waals surface area contributed by atoms with E-state index in [-0.39, 0.29) is 16.5 Å². The summed E-state index contributed by atoms with van der Waals surface area (Å²) in [4.78, 5) is 3.27. The molecule has 0 amide bonds. The number of H-pyrrole nitrogens is 1. The molecule has 0 bridgehead atoms. The molecular formula is C16H15ClN2O2S. The fourth-order valence-corrected chi connectivity index (χ4v) is 4.05. The molecule has 0 saturated carbocycles. The first-order chi connectivity index (χ1) is 10.5. The zero-order valence-electron chi connectivity index (χ0n) is 12.0. The summed E-state index contributed by atoms with van der Waals surface area (Å²) in [7, 11) is -2.07. The average Bonchev–Trinajstić information content (AvgIpc) is 2.91. The first kappa shape index (κ1) is 15.1. The van der Waals surface area contributed by atoms with E-state index in [1.165, 1.54) is 10.4 Å². The molecule has 4 nitrogen and oxygen atoms in total. The Morgan fingerprint density at radius 2 is 1.77 bits per heavy atom. The molecule has 0 aliphatic heterocycles. The fourth-order valence-electron chi connectivity index (χ4n) is 2.41. The van der Waals surface area contributed by atoms with E-state index in [2.05, 4.69) is 4.98 Å². The molecule has 0 atom stereocenters. The van der Waals surface area contributed by atoms with Gasteiger partial charge in [0, 0.05) is 30.7 Å². The molecule has 0 spiro atoms. The van der Waals surface area contributed by atoms with E-state index in [0.29, 0.717) is 0 Å². The SMILES string of the molecule is CN(Cc1c[nH]c2ccccc12)S(=O)(=O)c1ccccc1Cl. The Morgan fingerprint density at radius 3 is 2.55 bits per heavy atom. The summed E-state index contributed by atoms with van der Waals surface area (Å²) < 4.78 is 26.6. The standard InChI is InChI=1S/C16H15ClN2O2S/c1-19(22(20,21)16-9-5-3-7-14(16)17)11-12-10-18-15-8-4-2-6-13(12)15/h2-10,18H,11H2,1H3. The molecular weight excluding hydrogens is 320 g/mol. The summed E-state index contributed by atoms with van der Waals surface area (Å²) in [5.41, 5.74) is 1.91. The third-order valence-corrected chi connectivity index (χ3v) is 5.90. The van der Waals surface area contributed by atoms with Crippen LogP contribution in [0.5, 0.6) is 0 Å². The molecule has 0 aliphatic carbocycles. The van der Waals surface area contributed by atoms with Crippen LogP contribution in [0.15, 0.2) is 59.6 Å². The Morgan fingerprint density at radius 1 is 1.09 bits per heavy atom. The first-order valence-corrected chi connectivity index (χ1v) is 8.58. The number of hydrogen-bond donors (Lipinski definition) is 1. The maximum Gasteiger partial charge on any atom is 0.244 e. The summed E-state index contributed by atoms with van der Waals surface area (Å²) in [6.45, 7) is 0.275. The van der Waals surface area contributed by atoms with E-state index in [4.69, 9.17) is 11.6 Å². The Hall–Kier alpha value is -1.82. The van der Waals surface area contributed by atoms with Gasteiger partial charge in [-0.1, -0.05) is 41.9 Å². The zero-order valence-corrected chi connectivity index (χ0v) is 13.5. The topological polar surface area (TPSA) is 53.2 Å². The van der Waals surface area contributed by atoms with Crippen molar-refractivity contribution in [1.29, 1.82) is 0 Å². The number of benzene rings is 2. The Bertz CT molecular complexity index is 919. The van der Waals surface area contributed by atoms with Crippen molar-refractivity contribution in [3.05, 3.63) is 65.3 Å². The van der Waals surface area contributed by atoms with Crippen LogP contribution in [-0.2, 0) is 16.6 Å². The normalized spacial score (nSPS) is 12.1. The maximum atomic E-state index is 12.6. The molecule has 0 saturated heterocycles. The second-order valence-electron chi connectivity index (χ2n) is 5.05. The van der Waals surface area contributed by atoms with Crippen molar-refractivity contribution in [3.8, 4) is 0 Å². The van der Waals surface area contributed by atoms with Crippen LogP contribution in [0.2, 0.25) is 5.02 Å². The van der Waals surface area contributed by atoms with Crippen molar-refractivity contribution in [2.24, 2.45) is 0 Å². The van der Waals surface area contributed by atoms with Gasteiger partial charge in [0.25, 0.3) is 0 Å². The van der Waals surface area contributed by atoms with E-state index in [0.717, 1.165) is 16.5 Å². The molecule has 1 heterocycles. The van der Waals surface area contributed by atoms with Crippen molar-refractivity contribution >= 4 is 32.5 Å². The van der Waals surface area contributed by atoms with Gasteiger partial charge in [-0.2, -0.15) is 4.31 Å². The third-order valence-electron chi connectivity index (χ3n) is 3.59. The van der Waals surface area contributed by atoms with Crippen LogP contribution in [0.25, 0.3) is 10.9 Å². The van der Waals surface area contributed by atoms with Crippen molar-refractivity contribution in [2.45, 2.75) is 11.4 Å². The predicted molar refractivity (Wildman–Crippen MR) is 88.4 cm³/mol. The predicted octanol–water partition coefficient (Wildman–Crippen LogP) is 3.64. The molecule has 1 N–H and O–H groups in total. The number of para-hydroxylation sites is 1. The molecule has 3 aromatic rings. The van der Waals surface area contributed by atoms with Crippen LogP contribution in [0, 0.1) is 0 Å². The van der Waals surface area contributed by atoms with Gasteiger partial charge in [0.1, 0.15) is 4.90 Å². The van der Waals surface area contributed by atoms with Gasteiger partial charge in [-0.3, -0.25) is 0 Å². The lowest BCUT2D eigenvalue weighted by Gasteiger charge is -2.17. The van der Waals surface area contributed by atoms with Crippen LogP contribution in [-0.4, -0.2) is 24.8 Å². The molecule has 114 valence electrons. The number of nitrogens with one attached hydrogen (secondary N) is 1. The number of nitrogens with zero attached hydrogens (tertiary/aromatic N) is 1. The monoisotopic (exact) mass is 334 g/mol. The van der Waals surface area contributed by atoms with Crippen LogP contribution in [0.3, 0.4) is 0 Å². The van der Waals surface area contributed by atoms with E-state index in [1.807, 2.05) is 30.5 Å². The zero-order chi connectivity index (χ0) is 15.7. The van der Waals surface area contributed by atoms with E-state index in [1.54, 1.807) is 25.2 Å². The fraction of sp³-hybridized carbons (Fsp3) is 0.125. The number of aromatic amines is 1. The number of halogens is 1. The molecule has 1 aromatic heterocycles. The molecule has 0 radical (unpaired) electrons. The Balaban J connectivity index is 1.94. The molecule has 0 aliphatic rings. The smallest absolute Gasteiger partial charge is 0.244 e. The van der Waals surface area contributed by atoms with Crippen LogP contribution in [0.1, 0.15) is 5.56 Å². The highest BCUT2D eigenvalue weighted by molar-refractivity contribution is 7.89. The van der Waals surface area contributed by atoms with Crippen molar-refractivity contribution in [3.63, 3.8) is 0 Å². The van der Waals surface area contributed by atoms with Gasteiger partial charge in [-0.05, 0) is 23.8 Å². The van der Waals surface area contributed by atoms with E-state index >= 15 is 0 Å². The average molecular weight is 335 g/mol. The first-order valence-electron chi connectivity index (χ1n) is 6.76. The molecule has 0 unspecified atom stereocenters. The van der Waals surface area contributed by atoms with Gasteiger partial charge >= 0.3 is 0 Å². The highest BCUT2D eigenvalue weighted by Crippen LogP contribution is 2.26. The number of fused-ring (bicyclic) bond motifs is 1. The number of aromatic nitrogens is 1. The van der Waals surface area contributed by atoms with Gasteiger partial charge in [-0.25, -0.2) is 8.42 Å². The van der Waals surface area contributed by atoms with Gasteiger partial charge in [-0.15, -0.1) is 0 Å². The Kier molecular flexibility index (Phi) is 3.95. The van der Waals surface area contributed by atoms with Gasteiger partial charge in [0.2, 0.25) is 10.0 Å². The summed E-state index contributed by atoms with van der Waals surface area (Å²) in [6, 6.07) is 14.3. The molecule has 2 aromatic carbocycles. The minimum atomic E-state index is -3.63. The van der Waals surface area contributed by atoms with Crippen molar-refractivity contribution in [2.75, 3.05) is 7.05 Å². The quantitative estimate of drug-likeness (QED) is 0.792. The molecule has 22 heavy (non-hydrogen) atoms. The lowest BCUT2D eigenvalue weighted by Crippen LogP contribution is -2.26. The minimum absolute atomic E-state index is 0.124. The molecule has 3 rings (SSSR count).